The Hall–Kier alpha value is -4.07. The first kappa shape index (κ1) is 18.3. The van der Waals surface area contributed by atoms with Crippen molar-refractivity contribution in [3.8, 4) is 22.8 Å². The molecule has 29 heavy (non-hydrogen) atoms. The standard InChI is InChI=1S/C21H16N2O6/c1-12(22-23-20(24)15-6-7-17-19(10-15)28-11-27-17)13-2-4-14(5-3-13)16-8-9-18(29-16)21(25)26/h2-10H,11H2,1H3,(H,23,24)(H,25,26)/b22-12-. The van der Waals surface area contributed by atoms with Crippen LogP contribution in [0, 0.1) is 0 Å². The second-order valence-corrected chi connectivity index (χ2v) is 6.25. The fraction of sp³-hybridized carbons (Fsp3) is 0.0952. The molecule has 1 aliphatic heterocycles. The molecule has 146 valence electrons. The zero-order valence-corrected chi connectivity index (χ0v) is 15.3. The van der Waals surface area contributed by atoms with Gasteiger partial charge in [0.25, 0.3) is 5.91 Å². The van der Waals surface area contributed by atoms with E-state index in [0.717, 1.165) is 11.1 Å². The van der Waals surface area contributed by atoms with Gasteiger partial charge in [-0.2, -0.15) is 5.10 Å². The lowest BCUT2D eigenvalue weighted by atomic mass is 10.1. The lowest BCUT2D eigenvalue weighted by molar-refractivity contribution is 0.0663. The number of ether oxygens (including phenoxy) is 2. The van der Waals surface area contributed by atoms with Crippen molar-refractivity contribution in [2.45, 2.75) is 6.92 Å². The number of hydrogen-bond donors (Lipinski definition) is 2. The van der Waals surface area contributed by atoms with E-state index in [4.69, 9.17) is 19.0 Å². The van der Waals surface area contributed by atoms with Crippen molar-refractivity contribution in [2.75, 3.05) is 6.79 Å². The minimum atomic E-state index is -1.12. The molecule has 1 amide bonds. The van der Waals surface area contributed by atoms with Gasteiger partial charge in [0, 0.05) is 11.1 Å². The van der Waals surface area contributed by atoms with Crippen LogP contribution in [0.1, 0.15) is 33.4 Å². The predicted octanol–water partition coefficient (Wildman–Crippen LogP) is 3.53. The van der Waals surface area contributed by atoms with Gasteiger partial charge in [-0.05, 0) is 42.8 Å². The third-order valence-corrected chi connectivity index (χ3v) is 4.36. The summed E-state index contributed by atoms with van der Waals surface area (Å²) in [5, 5.41) is 13.1. The van der Waals surface area contributed by atoms with Gasteiger partial charge in [0.1, 0.15) is 5.76 Å². The largest absolute Gasteiger partial charge is 0.475 e. The van der Waals surface area contributed by atoms with Crippen LogP contribution in [0.15, 0.2) is 64.1 Å². The van der Waals surface area contributed by atoms with Crippen molar-refractivity contribution >= 4 is 17.6 Å². The van der Waals surface area contributed by atoms with E-state index < -0.39 is 5.97 Å². The SMILES string of the molecule is C/C(=N/NC(=O)c1ccc2c(c1)OCO2)c1ccc(-c2ccc(C(=O)O)o2)cc1. The molecule has 1 aromatic heterocycles. The van der Waals surface area contributed by atoms with Crippen LogP contribution in [0.2, 0.25) is 0 Å². The van der Waals surface area contributed by atoms with Crippen molar-refractivity contribution in [3.63, 3.8) is 0 Å². The summed E-state index contributed by atoms with van der Waals surface area (Å²) < 4.78 is 15.8. The number of carboxylic acids is 1. The zero-order valence-electron chi connectivity index (χ0n) is 15.3. The maximum atomic E-state index is 12.3. The highest BCUT2D eigenvalue weighted by Gasteiger charge is 2.16. The van der Waals surface area contributed by atoms with E-state index >= 15 is 0 Å². The summed E-state index contributed by atoms with van der Waals surface area (Å²) in [5.41, 5.74) is 5.07. The summed E-state index contributed by atoms with van der Waals surface area (Å²) in [6, 6.07) is 15.1. The van der Waals surface area contributed by atoms with Gasteiger partial charge >= 0.3 is 5.97 Å². The highest BCUT2D eigenvalue weighted by molar-refractivity contribution is 6.01. The van der Waals surface area contributed by atoms with E-state index in [0.29, 0.717) is 28.5 Å². The molecule has 0 unspecified atom stereocenters. The van der Waals surface area contributed by atoms with Gasteiger partial charge < -0.3 is 19.0 Å². The predicted molar refractivity (Wildman–Crippen MR) is 103 cm³/mol. The molecule has 0 saturated carbocycles. The lowest BCUT2D eigenvalue weighted by Crippen LogP contribution is -2.19. The number of fused-ring (bicyclic) bond motifs is 1. The summed E-state index contributed by atoms with van der Waals surface area (Å²) in [5.74, 6) is -0.0101. The smallest absolute Gasteiger partial charge is 0.371 e. The first-order valence-corrected chi connectivity index (χ1v) is 8.69. The Morgan fingerprint density at radius 3 is 2.41 bits per heavy atom. The molecular formula is C21H16N2O6. The molecular weight excluding hydrogens is 376 g/mol. The van der Waals surface area contributed by atoms with E-state index in [9.17, 15) is 9.59 Å². The molecule has 3 aromatic rings. The Morgan fingerprint density at radius 1 is 0.966 bits per heavy atom. The van der Waals surface area contributed by atoms with Crippen LogP contribution in [0.5, 0.6) is 11.5 Å². The molecule has 0 fully saturated rings. The van der Waals surface area contributed by atoms with Crippen LogP contribution in [0.4, 0.5) is 0 Å². The van der Waals surface area contributed by atoms with Crippen LogP contribution in [-0.2, 0) is 0 Å². The van der Waals surface area contributed by atoms with Gasteiger partial charge in [0.05, 0.1) is 5.71 Å². The number of benzene rings is 2. The number of aromatic carboxylic acids is 1. The number of nitrogens with one attached hydrogen (secondary N) is 1. The first-order valence-electron chi connectivity index (χ1n) is 8.69. The normalized spacial score (nSPS) is 12.7. The number of nitrogens with zero attached hydrogens (tertiary/aromatic N) is 1. The van der Waals surface area contributed by atoms with Gasteiger partial charge in [-0.15, -0.1) is 0 Å². The topological polar surface area (TPSA) is 110 Å². The van der Waals surface area contributed by atoms with E-state index in [1.807, 2.05) is 12.1 Å². The number of furan rings is 1. The molecule has 1 aliphatic rings. The summed E-state index contributed by atoms with van der Waals surface area (Å²) in [6.45, 7) is 1.91. The minimum Gasteiger partial charge on any atom is -0.475 e. The van der Waals surface area contributed by atoms with Gasteiger partial charge in [-0.25, -0.2) is 10.2 Å². The summed E-state index contributed by atoms with van der Waals surface area (Å²) in [6.07, 6.45) is 0. The molecule has 2 heterocycles. The Labute approximate surface area is 165 Å². The average Bonchev–Trinajstić information content (AvgIpc) is 3.41. The van der Waals surface area contributed by atoms with Crippen molar-refractivity contribution < 1.29 is 28.6 Å². The molecule has 0 saturated heterocycles. The molecule has 8 nitrogen and oxygen atoms in total. The van der Waals surface area contributed by atoms with E-state index in [-0.39, 0.29) is 18.5 Å². The number of rotatable bonds is 5. The molecule has 2 aromatic carbocycles. The Bertz CT molecular complexity index is 1110. The van der Waals surface area contributed by atoms with Gasteiger partial charge in [-0.3, -0.25) is 4.79 Å². The average molecular weight is 392 g/mol. The lowest BCUT2D eigenvalue weighted by Gasteiger charge is -2.05. The molecule has 0 spiro atoms. The van der Waals surface area contributed by atoms with Crippen LogP contribution < -0.4 is 14.9 Å². The summed E-state index contributed by atoms with van der Waals surface area (Å²) in [4.78, 5) is 23.2. The zero-order chi connectivity index (χ0) is 20.4. The molecule has 0 aliphatic carbocycles. The quantitative estimate of drug-likeness (QED) is 0.508. The number of carbonyl (C=O) groups is 2. The van der Waals surface area contributed by atoms with Crippen LogP contribution in [-0.4, -0.2) is 29.5 Å². The summed E-state index contributed by atoms with van der Waals surface area (Å²) >= 11 is 0. The minimum absolute atomic E-state index is 0.118. The van der Waals surface area contributed by atoms with Gasteiger partial charge in [-0.1, -0.05) is 24.3 Å². The number of hydrogen-bond acceptors (Lipinski definition) is 6. The summed E-state index contributed by atoms with van der Waals surface area (Å²) in [7, 11) is 0. The number of hydrazone groups is 1. The highest BCUT2D eigenvalue weighted by Crippen LogP contribution is 2.32. The molecule has 8 heteroatoms. The van der Waals surface area contributed by atoms with Gasteiger partial charge in [0.15, 0.2) is 11.5 Å². The van der Waals surface area contributed by atoms with E-state index in [1.54, 1.807) is 43.3 Å². The van der Waals surface area contributed by atoms with Crippen molar-refractivity contribution in [1.82, 2.24) is 5.43 Å². The second-order valence-electron chi connectivity index (χ2n) is 6.25. The van der Waals surface area contributed by atoms with E-state index in [1.165, 1.54) is 6.07 Å². The molecule has 2 N–H and O–H groups in total. The fourth-order valence-corrected chi connectivity index (χ4v) is 2.79. The number of carbonyl (C=O) groups excluding carboxylic acids is 1. The fourth-order valence-electron chi connectivity index (χ4n) is 2.79. The maximum Gasteiger partial charge on any atom is 0.371 e. The van der Waals surface area contributed by atoms with Crippen LogP contribution >= 0.6 is 0 Å². The maximum absolute atomic E-state index is 12.3. The highest BCUT2D eigenvalue weighted by atomic mass is 16.7. The van der Waals surface area contributed by atoms with Crippen molar-refractivity contribution in [1.29, 1.82) is 0 Å². The molecule has 4 rings (SSSR count). The monoisotopic (exact) mass is 392 g/mol. The third-order valence-electron chi connectivity index (χ3n) is 4.36. The van der Waals surface area contributed by atoms with Crippen LogP contribution in [0.25, 0.3) is 11.3 Å². The van der Waals surface area contributed by atoms with Crippen molar-refractivity contribution in [3.05, 3.63) is 71.5 Å². The van der Waals surface area contributed by atoms with E-state index in [2.05, 4.69) is 10.5 Å². The Kier molecular flexibility index (Phi) is 4.74. The van der Waals surface area contributed by atoms with Crippen LogP contribution in [0.3, 0.4) is 0 Å². The number of carboxylic acid groups (broad SMARTS) is 1. The molecule has 0 radical (unpaired) electrons. The van der Waals surface area contributed by atoms with Crippen molar-refractivity contribution in [2.24, 2.45) is 5.10 Å². The Morgan fingerprint density at radius 2 is 1.69 bits per heavy atom. The van der Waals surface area contributed by atoms with Gasteiger partial charge in [0.2, 0.25) is 12.6 Å². The molecule has 0 bridgehead atoms. The molecule has 0 atom stereocenters. The third kappa shape index (κ3) is 3.81. The first-order chi connectivity index (χ1) is 14.0. The second kappa shape index (κ2) is 7.51. The number of amides is 1. The Balaban J connectivity index is 1.44.